The van der Waals surface area contributed by atoms with Gasteiger partial charge in [0.05, 0.1) is 6.54 Å². The summed E-state index contributed by atoms with van der Waals surface area (Å²) in [4.78, 5) is 4.18. The third kappa shape index (κ3) is 4.19. The first-order valence-corrected chi connectivity index (χ1v) is 5.69. The summed E-state index contributed by atoms with van der Waals surface area (Å²) in [5.74, 6) is 1.73. The van der Waals surface area contributed by atoms with E-state index in [2.05, 4.69) is 10.3 Å². The maximum Gasteiger partial charge on any atom is 0.168 e. The highest BCUT2D eigenvalue weighted by molar-refractivity contribution is 5.52. The van der Waals surface area contributed by atoms with Gasteiger partial charge in [-0.05, 0) is 18.6 Å². The van der Waals surface area contributed by atoms with Gasteiger partial charge in [0.1, 0.15) is 6.61 Å². The summed E-state index contributed by atoms with van der Waals surface area (Å²) >= 11 is 0. The predicted octanol–water partition coefficient (Wildman–Crippen LogP) is 3.25. The number of aromatic nitrogens is 1. The third-order valence-corrected chi connectivity index (χ3v) is 1.64. The first-order valence-electron chi connectivity index (χ1n) is 5.69. The van der Waals surface area contributed by atoms with Crippen LogP contribution in [0.15, 0.2) is 12.3 Å². The summed E-state index contributed by atoms with van der Waals surface area (Å²) in [5, 5.41) is 3.15. The summed E-state index contributed by atoms with van der Waals surface area (Å²) in [7, 11) is 0. The van der Waals surface area contributed by atoms with Gasteiger partial charge in [-0.15, -0.1) is 0 Å². The number of fused-ring (bicyclic) bond motifs is 1. The molecule has 0 spiro atoms. The molecule has 2 heterocycles. The molecule has 1 N–H and O–H groups in total. The Morgan fingerprint density at radius 2 is 1.93 bits per heavy atom. The summed E-state index contributed by atoms with van der Waals surface area (Å²) in [5.41, 5.74) is 1.13. The lowest BCUT2D eigenvalue weighted by Crippen LogP contribution is -2.18. The Bertz CT molecular complexity index is 274. The molecule has 0 bridgehead atoms. The second-order valence-electron chi connectivity index (χ2n) is 2.63. The van der Waals surface area contributed by atoms with Gasteiger partial charge < -0.3 is 10.1 Å². The minimum absolute atomic E-state index is 0.734. The SMILES string of the molecule is CC.CC.Cc1cnc2c(c1)OCCN2. The fraction of sp³-hybridized carbons (Fsp3) is 0.583. The number of ether oxygens (including phenoxy) is 1. The van der Waals surface area contributed by atoms with Crippen molar-refractivity contribution in [3.05, 3.63) is 17.8 Å². The highest BCUT2D eigenvalue weighted by atomic mass is 16.5. The lowest BCUT2D eigenvalue weighted by Gasteiger charge is -2.17. The summed E-state index contributed by atoms with van der Waals surface area (Å²) in [6, 6.07) is 1.99. The fourth-order valence-electron chi connectivity index (χ4n) is 1.12. The molecule has 3 heteroatoms. The van der Waals surface area contributed by atoms with Crippen LogP contribution in [0.4, 0.5) is 5.82 Å². The first-order chi connectivity index (χ1) is 7.36. The van der Waals surface area contributed by atoms with Gasteiger partial charge >= 0.3 is 0 Å². The second kappa shape index (κ2) is 8.09. The van der Waals surface area contributed by atoms with Crippen molar-refractivity contribution >= 4 is 5.82 Å². The Morgan fingerprint density at radius 1 is 1.27 bits per heavy atom. The molecule has 1 aromatic rings. The van der Waals surface area contributed by atoms with E-state index in [1.54, 1.807) is 0 Å². The van der Waals surface area contributed by atoms with Gasteiger partial charge in [-0.25, -0.2) is 4.98 Å². The highest BCUT2D eigenvalue weighted by Crippen LogP contribution is 2.24. The lowest BCUT2D eigenvalue weighted by molar-refractivity contribution is 0.321. The molecular weight excluding hydrogens is 188 g/mol. The summed E-state index contributed by atoms with van der Waals surface area (Å²) < 4.78 is 5.38. The quantitative estimate of drug-likeness (QED) is 0.713. The van der Waals surface area contributed by atoms with Gasteiger partial charge in [-0.1, -0.05) is 27.7 Å². The van der Waals surface area contributed by atoms with E-state index in [0.29, 0.717) is 0 Å². The smallest absolute Gasteiger partial charge is 0.168 e. The second-order valence-corrected chi connectivity index (χ2v) is 2.63. The molecule has 0 saturated carbocycles. The molecule has 0 aliphatic carbocycles. The molecule has 1 aliphatic rings. The van der Waals surface area contributed by atoms with Crippen LogP contribution >= 0.6 is 0 Å². The molecule has 1 aliphatic heterocycles. The topological polar surface area (TPSA) is 34.1 Å². The number of rotatable bonds is 0. The molecule has 0 unspecified atom stereocenters. The van der Waals surface area contributed by atoms with E-state index in [-0.39, 0.29) is 0 Å². The van der Waals surface area contributed by atoms with Crippen LogP contribution in [0.5, 0.6) is 5.75 Å². The zero-order valence-corrected chi connectivity index (χ0v) is 10.4. The van der Waals surface area contributed by atoms with Crippen molar-refractivity contribution in [1.29, 1.82) is 0 Å². The van der Waals surface area contributed by atoms with E-state index < -0.39 is 0 Å². The van der Waals surface area contributed by atoms with E-state index in [4.69, 9.17) is 4.74 Å². The van der Waals surface area contributed by atoms with Crippen LogP contribution in [0.3, 0.4) is 0 Å². The first kappa shape index (κ1) is 13.8. The average Bonchev–Trinajstić information content (AvgIpc) is 2.34. The molecule has 1 aromatic heterocycles. The van der Waals surface area contributed by atoms with Gasteiger partial charge in [0, 0.05) is 6.20 Å². The van der Waals surface area contributed by atoms with Crippen LogP contribution in [0.1, 0.15) is 33.3 Å². The largest absolute Gasteiger partial charge is 0.488 e. The van der Waals surface area contributed by atoms with Crippen molar-refractivity contribution in [2.75, 3.05) is 18.5 Å². The Kier molecular flexibility index (Phi) is 7.42. The van der Waals surface area contributed by atoms with Crippen LogP contribution in [-0.2, 0) is 0 Å². The Labute approximate surface area is 92.9 Å². The number of anilines is 1. The number of hydrogen-bond acceptors (Lipinski definition) is 3. The van der Waals surface area contributed by atoms with Crippen molar-refractivity contribution in [1.82, 2.24) is 4.98 Å². The van der Waals surface area contributed by atoms with Crippen LogP contribution in [0, 0.1) is 6.92 Å². The normalized spacial score (nSPS) is 11.5. The van der Waals surface area contributed by atoms with Crippen molar-refractivity contribution in [3.8, 4) is 5.75 Å². The van der Waals surface area contributed by atoms with Crippen molar-refractivity contribution in [3.63, 3.8) is 0 Å². The van der Waals surface area contributed by atoms with Gasteiger partial charge in [0.25, 0.3) is 0 Å². The molecule has 0 atom stereocenters. The third-order valence-electron chi connectivity index (χ3n) is 1.64. The van der Waals surface area contributed by atoms with Crippen LogP contribution in [0.2, 0.25) is 0 Å². The van der Waals surface area contributed by atoms with E-state index in [1.807, 2.05) is 46.9 Å². The molecule has 3 nitrogen and oxygen atoms in total. The molecule has 0 aromatic carbocycles. The van der Waals surface area contributed by atoms with E-state index in [9.17, 15) is 0 Å². The monoisotopic (exact) mass is 210 g/mol. The number of hydrogen-bond donors (Lipinski definition) is 1. The minimum Gasteiger partial charge on any atom is -0.488 e. The number of nitrogens with one attached hydrogen (secondary N) is 1. The van der Waals surface area contributed by atoms with E-state index in [1.165, 1.54) is 0 Å². The minimum atomic E-state index is 0.734. The molecular formula is C12H22N2O. The Balaban J connectivity index is 0.000000442. The number of aryl methyl sites for hydroxylation is 1. The Hall–Kier alpha value is -1.25. The van der Waals surface area contributed by atoms with Crippen LogP contribution in [0.25, 0.3) is 0 Å². The van der Waals surface area contributed by atoms with E-state index in [0.717, 1.165) is 30.3 Å². The number of pyridine rings is 1. The molecule has 0 fully saturated rings. The summed E-state index contributed by atoms with van der Waals surface area (Å²) in [6.45, 7) is 11.6. The van der Waals surface area contributed by atoms with Crippen molar-refractivity contribution in [2.45, 2.75) is 34.6 Å². The lowest BCUT2D eigenvalue weighted by atomic mass is 10.3. The zero-order valence-electron chi connectivity index (χ0n) is 10.4. The zero-order chi connectivity index (χ0) is 11.7. The molecule has 86 valence electrons. The molecule has 0 radical (unpaired) electrons. The molecule has 0 amide bonds. The molecule has 0 saturated heterocycles. The average molecular weight is 210 g/mol. The fourth-order valence-corrected chi connectivity index (χ4v) is 1.12. The van der Waals surface area contributed by atoms with Gasteiger partial charge in [0.2, 0.25) is 0 Å². The maximum atomic E-state index is 5.38. The van der Waals surface area contributed by atoms with Crippen molar-refractivity contribution in [2.24, 2.45) is 0 Å². The van der Waals surface area contributed by atoms with Gasteiger partial charge in [-0.2, -0.15) is 0 Å². The van der Waals surface area contributed by atoms with Gasteiger partial charge in [0.15, 0.2) is 11.6 Å². The summed E-state index contributed by atoms with van der Waals surface area (Å²) in [6.07, 6.45) is 1.83. The van der Waals surface area contributed by atoms with Crippen molar-refractivity contribution < 1.29 is 4.74 Å². The molecule has 2 rings (SSSR count). The Morgan fingerprint density at radius 3 is 2.60 bits per heavy atom. The van der Waals surface area contributed by atoms with Gasteiger partial charge in [-0.3, -0.25) is 0 Å². The molecule has 15 heavy (non-hydrogen) atoms. The van der Waals surface area contributed by atoms with Crippen LogP contribution < -0.4 is 10.1 Å². The van der Waals surface area contributed by atoms with E-state index >= 15 is 0 Å². The van der Waals surface area contributed by atoms with Crippen LogP contribution in [-0.4, -0.2) is 18.1 Å². The highest BCUT2D eigenvalue weighted by Gasteiger charge is 2.09. The predicted molar refractivity (Wildman–Crippen MR) is 65.7 cm³/mol. The number of nitrogens with zero attached hydrogens (tertiary/aromatic N) is 1. The standard InChI is InChI=1S/C8H10N2O.2C2H6/c1-6-4-7-8(10-5-6)9-2-3-11-7;2*1-2/h4-5H,2-3H2,1H3,(H,9,10);2*1-2H3. The maximum absolute atomic E-state index is 5.38.